The second kappa shape index (κ2) is 5.11. The highest BCUT2D eigenvalue weighted by molar-refractivity contribution is 5.79. The monoisotopic (exact) mass is 247 g/mol. The number of carboxylic acid groups (broad SMARTS) is 1. The molecule has 1 aliphatic rings. The summed E-state index contributed by atoms with van der Waals surface area (Å²) in [7, 11) is 0. The molecule has 2 N–H and O–H groups in total. The van der Waals surface area contributed by atoms with Crippen LogP contribution in [-0.2, 0) is 4.79 Å². The quantitative estimate of drug-likeness (QED) is 0.860. The smallest absolute Gasteiger partial charge is 0.324 e. The van der Waals surface area contributed by atoms with E-state index in [2.05, 4.69) is 5.32 Å². The van der Waals surface area contributed by atoms with Gasteiger partial charge in [0.05, 0.1) is 0 Å². The standard InChI is InChI=1S/C15H21NO2/c1-11-7-6-10-15(11,14(17)18)16-12(2)13-8-4-3-5-9-13/h3-5,8-9,11-12,16H,6-7,10H2,1-2H3,(H,17,18)/t11-,12-,15+/m0/s1. The van der Waals surface area contributed by atoms with Gasteiger partial charge in [0.2, 0.25) is 0 Å². The van der Waals surface area contributed by atoms with Crippen LogP contribution in [0.15, 0.2) is 30.3 Å². The molecular weight excluding hydrogens is 226 g/mol. The van der Waals surface area contributed by atoms with Crippen molar-refractivity contribution < 1.29 is 9.90 Å². The molecule has 1 aliphatic carbocycles. The maximum atomic E-state index is 11.6. The summed E-state index contributed by atoms with van der Waals surface area (Å²) in [5.74, 6) is -0.531. The molecule has 0 spiro atoms. The second-order valence-corrected chi connectivity index (χ2v) is 5.35. The van der Waals surface area contributed by atoms with Crippen molar-refractivity contribution in [2.45, 2.75) is 44.7 Å². The van der Waals surface area contributed by atoms with Gasteiger partial charge in [-0.3, -0.25) is 10.1 Å². The van der Waals surface area contributed by atoms with E-state index in [1.807, 2.05) is 44.2 Å². The van der Waals surface area contributed by atoms with E-state index in [0.717, 1.165) is 24.8 Å². The molecule has 1 aromatic rings. The van der Waals surface area contributed by atoms with E-state index in [1.54, 1.807) is 0 Å². The number of rotatable bonds is 4. The van der Waals surface area contributed by atoms with E-state index in [-0.39, 0.29) is 12.0 Å². The van der Waals surface area contributed by atoms with Crippen LogP contribution in [0.5, 0.6) is 0 Å². The number of benzene rings is 1. The topological polar surface area (TPSA) is 49.3 Å². The fraction of sp³-hybridized carbons (Fsp3) is 0.533. The number of hydrogen-bond donors (Lipinski definition) is 2. The molecule has 98 valence electrons. The first kappa shape index (κ1) is 13.1. The van der Waals surface area contributed by atoms with Gasteiger partial charge in [0, 0.05) is 6.04 Å². The summed E-state index contributed by atoms with van der Waals surface area (Å²) >= 11 is 0. The summed E-state index contributed by atoms with van der Waals surface area (Å²) in [4.78, 5) is 11.6. The van der Waals surface area contributed by atoms with Crippen LogP contribution in [0.25, 0.3) is 0 Å². The summed E-state index contributed by atoms with van der Waals surface area (Å²) < 4.78 is 0. The first-order chi connectivity index (χ1) is 8.56. The summed E-state index contributed by atoms with van der Waals surface area (Å²) in [5.41, 5.74) is 0.382. The molecule has 0 aliphatic heterocycles. The molecule has 18 heavy (non-hydrogen) atoms. The van der Waals surface area contributed by atoms with E-state index in [4.69, 9.17) is 0 Å². The Balaban J connectivity index is 2.18. The Morgan fingerprint density at radius 2 is 2.11 bits per heavy atom. The zero-order valence-electron chi connectivity index (χ0n) is 11.0. The summed E-state index contributed by atoms with van der Waals surface area (Å²) in [6, 6.07) is 10.1. The van der Waals surface area contributed by atoms with Crippen molar-refractivity contribution in [1.82, 2.24) is 5.32 Å². The van der Waals surface area contributed by atoms with Gasteiger partial charge < -0.3 is 5.11 Å². The van der Waals surface area contributed by atoms with Crippen molar-refractivity contribution in [3.05, 3.63) is 35.9 Å². The second-order valence-electron chi connectivity index (χ2n) is 5.35. The fourth-order valence-corrected chi connectivity index (χ4v) is 2.99. The van der Waals surface area contributed by atoms with E-state index < -0.39 is 11.5 Å². The molecule has 0 heterocycles. The van der Waals surface area contributed by atoms with Gasteiger partial charge in [-0.25, -0.2) is 0 Å². The minimum Gasteiger partial charge on any atom is -0.480 e. The van der Waals surface area contributed by atoms with Gasteiger partial charge in [-0.05, 0) is 31.2 Å². The lowest BCUT2D eigenvalue weighted by atomic mass is 9.87. The third-order valence-electron chi connectivity index (χ3n) is 4.20. The Hall–Kier alpha value is -1.35. The van der Waals surface area contributed by atoms with Crippen LogP contribution in [0.1, 0.15) is 44.7 Å². The molecule has 3 heteroatoms. The lowest BCUT2D eigenvalue weighted by Crippen LogP contribution is -2.54. The minimum atomic E-state index is -0.755. The van der Waals surface area contributed by atoms with Crippen LogP contribution in [-0.4, -0.2) is 16.6 Å². The molecule has 1 saturated carbocycles. The Labute approximate surface area is 108 Å². The Kier molecular flexibility index (Phi) is 3.71. The van der Waals surface area contributed by atoms with Crippen molar-refractivity contribution in [1.29, 1.82) is 0 Å². The molecule has 3 atom stereocenters. The number of aliphatic carboxylic acids is 1. The van der Waals surface area contributed by atoms with Gasteiger partial charge in [0.25, 0.3) is 0 Å². The van der Waals surface area contributed by atoms with E-state index >= 15 is 0 Å². The lowest BCUT2D eigenvalue weighted by Gasteiger charge is -2.33. The predicted octanol–water partition coefficient (Wildman–Crippen LogP) is 2.98. The number of hydrogen-bond acceptors (Lipinski definition) is 2. The number of nitrogens with one attached hydrogen (secondary N) is 1. The SMILES string of the molecule is C[C@H](N[C@]1(C(=O)O)CCC[C@@H]1C)c1ccccc1. The van der Waals surface area contributed by atoms with E-state index in [1.165, 1.54) is 0 Å². The Morgan fingerprint density at radius 3 is 2.61 bits per heavy atom. The molecule has 0 saturated heterocycles. The maximum Gasteiger partial charge on any atom is 0.324 e. The molecular formula is C15H21NO2. The fourth-order valence-electron chi connectivity index (χ4n) is 2.99. The Morgan fingerprint density at radius 1 is 1.44 bits per heavy atom. The van der Waals surface area contributed by atoms with Crippen molar-refractivity contribution in [2.75, 3.05) is 0 Å². The van der Waals surface area contributed by atoms with Crippen LogP contribution < -0.4 is 5.32 Å². The molecule has 0 amide bonds. The lowest BCUT2D eigenvalue weighted by molar-refractivity contribution is -0.146. The molecule has 0 bridgehead atoms. The maximum absolute atomic E-state index is 11.6. The minimum absolute atomic E-state index is 0.0582. The summed E-state index contributed by atoms with van der Waals surface area (Å²) in [6.45, 7) is 4.07. The van der Waals surface area contributed by atoms with Gasteiger partial charge in [0.15, 0.2) is 0 Å². The normalized spacial score (nSPS) is 29.1. The molecule has 1 fully saturated rings. The van der Waals surface area contributed by atoms with Crippen molar-refractivity contribution in [2.24, 2.45) is 5.92 Å². The van der Waals surface area contributed by atoms with Crippen molar-refractivity contribution in [3.63, 3.8) is 0 Å². The summed E-state index contributed by atoms with van der Waals surface area (Å²) in [5, 5.41) is 12.9. The number of carboxylic acids is 1. The van der Waals surface area contributed by atoms with Gasteiger partial charge in [-0.1, -0.05) is 43.7 Å². The largest absolute Gasteiger partial charge is 0.480 e. The highest BCUT2D eigenvalue weighted by atomic mass is 16.4. The molecule has 0 unspecified atom stereocenters. The first-order valence-electron chi connectivity index (χ1n) is 6.62. The molecule has 2 rings (SSSR count). The zero-order valence-corrected chi connectivity index (χ0v) is 11.0. The van der Waals surface area contributed by atoms with Crippen molar-refractivity contribution >= 4 is 5.97 Å². The van der Waals surface area contributed by atoms with Crippen molar-refractivity contribution in [3.8, 4) is 0 Å². The van der Waals surface area contributed by atoms with Gasteiger partial charge in [0.1, 0.15) is 5.54 Å². The average Bonchev–Trinajstić information content (AvgIpc) is 2.73. The Bertz CT molecular complexity index is 418. The van der Waals surface area contributed by atoms with Gasteiger partial charge in [-0.15, -0.1) is 0 Å². The zero-order chi connectivity index (χ0) is 13.2. The first-order valence-corrected chi connectivity index (χ1v) is 6.62. The van der Waals surface area contributed by atoms with Crippen LogP contribution in [0, 0.1) is 5.92 Å². The molecule has 0 radical (unpaired) electrons. The van der Waals surface area contributed by atoms with E-state index in [0.29, 0.717) is 0 Å². The van der Waals surface area contributed by atoms with Gasteiger partial charge in [-0.2, -0.15) is 0 Å². The third kappa shape index (κ3) is 2.27. The van der Waals surface area contributed by atoms with Crippen LogP contribution in [0.3, 0.4) is 0 Å². The summed E-state index contributed by atoms with van der Waals surface area (Å²) in [6.07, 6.45) is 2.70. The number of carbonyl (C=O) groups is 1. The highest BCUT2D eigenvalue weighted by Crippen LogP contribution is 2.37. The van der Waals surface area contributed by atoms with Crippen LogP contribution >= 0.6 is 0 Å². The van der Waals surface area contributed by atoms with Crippen LogP contribution in [0.2, 0.25) is 0 Å². The predicted molar refractivity (Wildman–Crippen MR) is 71.4 cm³/mol. The van der Waals surface area contributed by atoms with E-state index in [9.17, 15) is 9.90 Å². The average molecular weight is 247 g/mol. The molecule has 1 aromatic carbocycles. The highest BCUT2D eigenvalue weighted by Gasteiger charge is 2.47. The molecule has 3 nitrogen and oxygen atoms in total. The molecule has 0 aromatic heterocycles. The third-order valence-corrected chi connectivity index (χ3v) is 4.20. The van der Waals surface area contributed by atoms with Gasteiger partial charge >= 0.3 is 5.97 Å². The van der Waals surface area contributed by atoms with Crippen LogP contribution in [0.4, 0.5) is 0 Å².